The maximum absolute atomic E-state index is 12.1. The summed E-state index contributed by atoms with van der Waals surface area (Å²) in [7, 11) is 0. The molecule has 0 bridgehead atoms. The second kappa shape index (κ2) is 7.27. The molecule has 8 heteroatoms. The fraction of sp³-hybridized carbons (Fsp3) is 0.533. The Morgan fingerprint density at radius 1 is 1.26 bits per heavy atom. The number of rotatable bonds is 6. The fourth-order valence-electron chi connectivity index (χ4n) is 3.06. The molecule has 124 valence electrons. The second-order valence-corrected chi connectivity index (χ2v) is 7.84. The van der Waals surface area contributed by atoms with E-state index in [0.717, 1.165) is 42.0 Å². The lowest BCUT2D eigenvalue weighted by atomic mass is 9.82. The molecule has 0 amide bonds. The third-order valence-electron chi connectivity index (χ3n) is 4.31. The first-order valence-electron chi connectivity index (χ1n) is 7.63. The van der Waals surface area contributed by atoms with Crippen molar-refractivity contribution in [1.29, 1.82) is 0 Å². The summed E-state index contributed by atoms with van der Waals surface area (Å²) in [6.45, 7) is 0.935. The van der Waals surface area contributed by atoms with Crippen molar-refractivity contribution in [2.24, 2.45) is 11.8 Å². The summed E-state index contributed by atoms with van der Waals surface area (Å²) in [5, 5.41) is 11.5. The molecule has 0 radical (unpaired) electrons. The van der Waals surface area contributed by atoms with Crippen LogP contribution in [0.1, 0.15) is 25.7 Å². The third-order valence-corrected chi connectivity index (χ3v) is 6.29. The van der Waals surface area contributed by atoms with Gasteiger partial charge in [0.05, 0.1) is 11.5 Å². The van der Waals surface area contributed by atoms with Crippen LogP contribution < -0.4 is 4.87 Å². The third kappa shape index (κ3) is 4.20. The molecule has 1 saturated carbocycles. The summed E-state index contributed by atoms with van der Waals surface area (Å²) in [5.74, 6) is 0.725. The Kier molecular flexibility index (Phi) is 5.12. The Hall–Kier alpha value is -1.67. The Morgan fingerprint density at radius 3 is 2.65 bits per heavy atom. The average molecular weight is 354 g/mol. The summed E-state index contributed by atoms with van der Waals surface area (Å²) in [6.07, 6.45) is 5.79. The van der Waals surface area contributed by atoms with Gasteiger partial charge in [-0.15, -0.1) is 21.5 Å². The Bertz CT molecular complexity index is 699. The highest BCUT2D eigenvalue weighted by molar-refractivity contribution is 7.20. The van der Waals surface area contributed by atoms with Crippen molar-refractivity contribution in [3.63, 3.8) is 0 Å². The van der Waals surface area contributed by atoms with Gasteiger partial charge in [0.15, 0.2) is 0 Å². The average Bonchev–Trinajstić information content (AvgIpc) is 3.17. The maximum Gasteiger partial charge on any atom is 0.307 e. The number of aromatic nitrogens is 1. The van der Waals surface area contributed by atoms with Gasteiger partial charge < -0.3 is 9.40 Å². The quantitative estimate of drug-likeness (QED) is 0.586. The normalized spacial score (nSPS) is 21.2. The van der Waals surface area contributed by atoms with Gasteiger partial charge in [-0.2, -0.15) is 0 Å². The predicted octanol–water partition coefficient (Wildman–Crippen LogP) is 3.65. The molecule has 6 nitrogen and oxygen atoms in total. The van der Waals surface area contributed by atoms with Crippen LogP contribution in [-0.4, -0.2) is 16.3 Å². The monoisotopic (exact) mass is 354 g/mol. The lowest BCUT2D eigenvalue weighted by Crippen LogP contribution is -2.25. The zero-order valence-electron chi connectivity index (χ0n) is 12.6. The Balaban J connectivity index is 1.55. The van der Waals surface area contributed by atoms with Gasteiger partial charge in [-0.3, -0.25) is 4.79 Å². The minimum atomic E-state index is -0.719. The van der Waals surface area contributed by atoms with E-state index >= 15 is 0 Å². The minimum absolute atomic E-state index is 0.0900. The van der Waals surface area contributed by atoms with E-state index in [9.17, 15) is 14.9 Å². The number of thiazole rings is 1. The van der Waals surface area contributed by atoms with Gasteiger partial charge in [0.2, 0.25) is 0 Å². The van der Waals surface area contributed by atoms with Gasteiger partial charge in [0.25, 0.3) is 5.09 Å². The van der Waals surface area contributed by atoms with Crippen molar-refractivity contribution in [2.75, 3.05) is 6.61 Å². The molecule has 23 heavy (non-hydrogen) atoms. The highest BCUT2D eigenvalue weighted by atomic mass is 32.1. The number of hydrogen-bond acceptors (Lipinski definition) is 6. The van der Waals surface area contributed by atoms with Crippen molar-refractivity contribution in [3.8, 4) is 9.75 Å². The molecule has 2 heterocycles. The van der Waals surface area contributed by atoms with E-state index in [4.69, 9.17) is 0 Å². The maximum atomic E-state index is 12.1. The molecule has 0 N–H and O–H groups in total. The molecule has 1 aliphatic carbocycles. The number of nitrogens with zero attached hydrogens (tertiary/aromatic N) is 2. The lowest BCUT2D eigenvalue weighted by molar-refractivity contribution is -0.759. The van der Waals surface area contributed by atoms with Crippen LogP contribution in [0.25, 0.3) is 9.75 Å². The first-order chi connectivity index (χ1) is 11.1. The molecule has 0 atom stereocenters. The first kappa shape index (κ1) is 16.2. The van der Waals surface area contributed by atoms with Gasteiger partial charge in [-0.1, -0.05) is 17.4 Å². The first-order valence-corrected chi connectivity index (χ1v) is 9.33. The Morgan fingerprint density at radius 2 is 2.00 bits per heavy atom. The van der Waals surface area contributed by atoms with Crippen molar-refractivity contribution in [1.82, 2.24) is 4.57 Å². The summed E-state index contributed by atoms with van der Waals surface area (Å²) >= 11 is 2.94. The van der Waals surface area contributed by atoms with Crippen LogP contribution in [0.15, 0.2) is 28.5 Å². The highest BCUT2D eigenvalue weighted by Crippen LogP contribution is 2.31. The topological polar surface area (TPSA) is 74.4 Å². The SMILES string of the molecule is O=c1sc(-c2cccs2)cn1CC1CCC(CO[N+](=O)[O-])CC1. The van der Waals surface area contributed by atoms with E-state index in [2.05, 4.69) is 4.84 Å². The highest BCUT2D eigenvalue weighted by Gasteiger charge is 2.23. The molecule has 0 saturated heterocycles. The standard InChI is InChI=1S/C15H18N2O4S2/c18-15-16(9-14(23-15)13-2-1-7-22-13)8-11-3-5-12(6-4-11)10-21-17(19)20/h1-2,7,9,11-12H,3-6,8,10H2. The largest absolute Gasteiger partial charge is 0.314 e. The van der Waals surface area contributed by atoms with Crippen molar-refractivity contribution in [3.05, 3.63) is 43.5 Å². The van der Waals surface area contributed by atoms with Crippen LogP contribution in [0, 0.1) is 22.0 Å². The summed E-state index contributed by atoms with van der Waals surface area (Å²) in [6, 6.07) is 4.02. The molecule has 1 fully saturated rings. The molecule has 0 unspecified atom stereocenters. The lowest BCUT2D eigenvalue weighted by Gasteiger charge is -2.27. The molecular formula is C15H18N2O4S2. The van der Waals surface area contributed by atoms with E-state index in [1.54, 1.807) is 11.3 Å². The van der Waals surface area contributed by atoms with Gasteiger partial charge in [0, 0.05) is 17.6 Å². The van der Waals surface area contributed by atoms with Crippen LogP contribution in [0.4, 0.5) is 0 Å². The Labute approximate surface area is 141 Å². The zero-order chi connectivity index (χ0) is 16.2. The van der Waals surface area contributed by atoms with Crippen LogP contribution in [0.5, 0.6) is 0 Å². The fourth-order valence-corrected chi connectivity index (χ4v) is 4.74. The second-order valence-electron chi connectivity index (χ2n) is 5.90. The van der Waals surface area contributed by atoms with E-state index in [0.29, 0.717) is 5.92 Å². The summed E-state index contributed by atoms with van der Waals surface area (Å²) in [5.41, 5.74) is 0. The molecule has 0 spiro atoms. The molecule has 2 aromatic rings. The van der Waals surface area contributed by atoms with E-state index in [1.165, 1.54) is 11.3 Å². The predicted molar refractivity (Wildman–Crippen MR) is 90.3 cm³/mol. The number of thiophene rings is 1. The van der Waals surface area contributed by atoms with Crippen LogP contribution >= 0.6 is 22.7 Å². The molecular weight excluding hydrogens is 336 g/mol. The van der Waals surface area contributed by atoms with Crippen molar-refractivity contribution in [2.45, 2.75) is 32.2 Å². The van der Waals surface area contributed by atoms with Gasteiger partial charge >= 0.3 is 4.87 Å². The molecule has 0 aliphatic heterocycles. The summed E-state index contributed by atoms with van der Waals surface area (Å²) in [4.78, 5) is 29.1. The van der Waals surface area contributed by atoms with Crippen LogP contribution in [0.3, 0.4) is 0 Å². The van der Waals surface area contributed by atoms with Gasteiger partial charge in [-0.05, 0) is 49.0 Å². The minimum Gasteiger partial charge on any atom is -0.314 e. The summed E-state index contributed by atoms with van der Waals surface area (Å²) < 4.78 is 1.82. The van der Waals surface area contributed by atoms with Gasteiger partial charge in [0.1, 0.15) is 0 Å². The zero-order valence-corrected chi connectivity index (χ0v) is 14.2. The molecule has 2 aromatic heterocycles. The van der Waals surface area contributed by atoms with E-state index in [1.807, 2.05) is 28.3 Å². The van der Waals surface area contributed by atoms with Crippen LogP contribution in [0.2, 0.25) is 0 Å². The van der Waals surface area contributed by atoms with Crippen molar-refractivity contribution >= 4 is 22.7 Å². The number of hydrogen-bond donors (Lipinski definition) is 0. The van der Waals surface area contributed by atoms with E-state index in [-0.39, 0.29) is 17.4 Å². The molecule has 0 aromatic carbocycles. The van der Waals surface area contributed by atoms with Crippen LogP contribution in [-0.2, 0) is 11.4 Å². The van der Waals surface area contributed by atoms with E-state index < -0.39 is 5.09 Å². The van der Waals surface area contributed by atoms with Crippen molar-refractivity contribution < 1.29 is 9.92 Å². The molecule has 3 rings (SSSR count). The molecule has 1 aliphatic rings. The smallest absolute Gasteiger partial charge is 0.307 e. The van der Waals surface area contributed by atoms with Gasteiger partial charge in [-0.25, -0.2) is 0 Å².